The summed E-state index contributed by atoms with van der Waals surface area (Å²) in [5, 5.41) is 9.47. The van der Waals surface area contributed by atoms with Crippen LogP contribution in [-0.2, 0) is 4.79 Å². The molecular formula is C16H16FNO2S. The van der Waals surface area contributed by atoms with Gasteiger partial charge in [0.1, 0.15) is 11.7 Å². The molecule has 0 aromatic heterocycles. The van der Waals surface area contributed by atoms with Gasteiger partial charge >= 0.3 is 5.97 Å². The Morgan fingerprint density at radius 1 is 1.19 bits per heavy atom. The first kappa shape index (κ1) is 15.4. The van der Waals surface area contributed by atoms with Crippen molar-refractivity contribution in [2.45, 2.75) is 12.8 Å². The van der Waals surface area contributed by atoms with Gasteiger partial charge in [-0.1, -0.05) is 47.8 Å². The van der Waals surface area contributed by atoms with Crippen LogP contribution < -0.4 is 4.72 Å². The molecule has 3 nitrogen and oxygen atoms in total. The number of carboxylic acid groups (broad SMARTS) is 1. The van der Waals surface area contributed by atoms with Crippen LogP contribution in [0.25, 0.3) is 0 Å². The smallest absolute Gasteiger partial charge is 0.315 e. The van der Waals surface area contributed by atoms with Gasteiger partial charge in [-0.05, 0) is 30.2 Å². The topological polar surface area (TPSA) is 49.3 Å². The van der Waals surface area contributed by atoms with E-state index < -0.39 is 17.7 Å². The Kier molecular flexibility index (Phi) is 4.85. The molecule has 2 rings (SSSR count). The third-order valence-electron chi connectivity index (χ3n) is 3.20. The average molecular weight is 305 g/mol. The fourth-order valence-corrected chi connectivity index (χ4v) is 2.53. The average Bonchev–Trinajstić information content (AvgIpc) is 2.44. The van der Waals surface area contributed by atoms with Crippen LogP contribution in [0.1, 0.15) is 22.6 Å². The third kappa shape index (κ3) is 3.55. The van der Waals surface area contributed by atoms with Crippen molar-refractivity contribution in [3.8, 4) is 0 Å². The summed E-state index contributed by atoms with van der Waals surface area (Å²) in [4.78, 5) is 11.6. The summed E-state index contributed by atoms with van der Waals surface area (Å²) < 4.78 is 16.8. The molecule has 0 aliphatic rings. The summed E-state index contributed by atoms with van der Waals surface area (Å²) in [5.74, 6) is -2.33. The molecule has 0 radical (unpaired) electrons. The molecule has 0 saturated heterocycles. The molecule has 0 heterocycles. The molecule has 0 aliphatic heterocycles. The molecule has 0 aliphatic carbocycles. The Bertz CT molecular complexity index is 643. The number of nitrogens with one attached hydrogen (secondary N) is 1. The Morgan fingerprint density at radius 3 is 2.33 bits per heavy atom. The van der Waals surface area contributed by atoms with Gasteiger partial charge in [0.25, 0.3) is 0 Å². The summed E-state index contributed by atoms with van der Waals surface area (Å²) in [7, 11) is 0. The number of hydrogen-bond donors (Lipinski definition) is 2. The molecule has 0 spiro atoms. The van der Waals surface area contributed by atoms with Crippen LogP contribution in [0.3, 0.4) is 0 Å². The molecule has 21 heavy (non-hydrogen) atoms. The van der Waals surface area contributed by atoms with Crippen molar-refractivity contribution in [2.75, 3.05) is 11.0 Å². The second-order valence-electron chi connectivity index (χ2n) is 4.73. The van der Waals surface area contributed by atoms with Gasteiger partial charge in [-0.15, -0.1) is 0 Å². The van der Waals surface area contributed by atoms with Gasteiger partial charge in [-0.3, -0.25) is 4.79 Å². The predicted octanol–water partition coefficient (Wildman–Crippen LogP) is 4.04. The number of carboxylic acids is 1. The second-order valence-corrected chi connectivity index (χ2v) is 5.34. The number of halogens is 1. The Balaban J connectivity index is 2.41. The zero-order valence-corrected chi connectivity index (χ0v) is 12.6. The Morgan fingerprint density at radius 2 is 1.81 bits per heavy atom. The lowest BCUT2D eigenvalue weighted by atomic mass is 9.90. The molecule has 0 bridgehead atoms. The van der Waals surface area contributed by atoms with Crippen molar-refractivity contribution >= 4 is 23.6 Å². The van der Waals surface area contributed by atoms with Gasteiger partial charge in [-0.2, -0.15) is 0 Å². The van der Waals surface area contributed by atoms with Gasteiger partial charge in [0.05, 0.1) is 5.69 Å². The first-order chi connectivity index (χ1) is 10.0. The maximum absolute atomic E-state index is 14.0. The molecule has 2 aromatic carbocycles. The van der Waals surface area contributed by atoms with Gasteiger partial charge in [0.15, 0.2) is 0 Å². The third-order valence-corrected chi connectivity index (χ3v) is 3.62. The predicted molar refractivity (Wildman–Crippen MR) is 84.2 cm³/mol. The molecule has 1 atom stereocenters. The first-order valence-corrected chi connectivity index (χ1v) is 7.63. The molecule has 5 heteroatoms. The molecule has 0 fully saturated rings. The SMILES string of the molecule is CSNc1ccc(C(C(=O)O)c2ccc(C)cc2)cc1F. The van der Waals surface area contributed by atoms with Crippen LogP contribution in [0.5, 0.6) is 0 Å². The van der Waals surface area contributed by atoms with Crippen molar-refractivity contribution < 1.29 is 14.3 Å². The van der Waals surface area contributed by atoms with Gasteiger partial charge in [-0.25, -0.2) is 4.39 Å². The van der Waals surface area contributed by atoms with Gasteiger partial charge in [0, 0.05) is 6.26 Å². The molecule has 110 valence electrons. The fraction of sp³-hybridized carbons (Fsp3) is 0.188. The summed E-state index contributed by atoms with van der Waals surface area (Å²) in [6.45, 7) is 1.93. The van der Waals surface area contributed by atoms with Crippen molar-refractivity contribution in [1.29, 1.82) is 0 Å². The summed E-state index contributed by atoms with van der Waals surface area (Å²) in [6.07, 6.45) is 1.79. The summed E-state index contributed by atoms with van der Waals surface area (Å²) in [5.41, 5.74) is 2.46. The maximum Gasteiger partial charge on any atom is 0.315 e. The largest absolute Gasteiger partial charge is 0.481 e. The van der Waals surface area contributed by atoms with E-state index in [1.807, 2.05) is 19.1 Å². The molecule has 2 N–H and O–H groups in total. The standard InChI is InChI=1S/C16H16FNO2S/c1-10-3-5-11(6-4-10)15(16(19)20)12-7-8-14(18-21-2)13(17)9-12/h3-9,15,18H,1-2H3,(H,19,20). The number of aliphatic carboxylic acids is 1. The normalized spacial score (nSPS) is 12.0. The lowest BCUT2D eigenvalue weighted by molar-refractivity contribution is -0.137. The van der Waals surface area contributed by atoms with E-state index in [0.29, 0.717) is 16.8 Å². The van der Waals surface area contributed by atoms with E-state index in [1.165, 1.54) is 18.0 Å². The number of rotatable bonds is 5. The number of hydrogen-bond acceptors (Lipinski definition) is 3. The molecule has 0 saturated carbocycles. The van der Waals surface area contributed by atoms with Crippen LogP contribution in [0.15, 0.2) is 42.5 Å². The highest BCUT2D eigenvalue weighted by Gasteiger charge is 2.23. The fourth-order valence-electron chi connectivity index (χ4n) is 2.14. The van der Waals surface area contributed by atoms with E-state index in [2.05, 4.69) is 4.72 Å². The number of carbonyl (C=O) groups is 1. The quantitative estimate of drug-likeness (QED) is 0.819. The minimum absolute atomic E-state index is 0.347. The highest BCUT2D eigenvalue weighted by atomic mass is 32.2. The van der Waals surface area contributed by atoms with Crippen LogP contribution in [-0.4, -0.2) is 17.3 Å². The summed E-state index contributed by atoms with van der Waals surface area (Å²) >= 11 is 1.28. The van der Waals surface area contributed by atoms with Crippen LogP contribution in [0.4, 0.5) is 10.1 Å². The van der Waals surface area contributed by atoms with E-state index in [0.717, 1.165) is 5.56 Å². The Hall–Kier alpha value is -2.01. The van der Waals surface area contributed by atoms with E-state index in [1.54, 1.807) is 30.5 Å². The molecular weight excluding hydrogens is 289 g/mol. The van der Waals surface area contributed by atoms with Crippen LogP contribution in [0, 0.1) is 12.7 Å². The van der Waals surface area contributed by atoms with Crippen molar-refractivity contribution in [3.63, 3.8) is 0 Å². The van der Waals surface area contributed by atoms with E-state index in [9.17, 15) is 14.3 Å². The van der Waals surface area contributed by atoms with Gasteiger partial charge in [0.2, 0.25) is 0 Å². The monoisotopic (exact) mass is 305 g/mol. The molecule has 2 aromatic rings. The van der Waals surface area contributed by atoms with E-state index >= 15 is 0 Å². The molecule has 0 amide bonds. The zero-order chi connectivity index (χ0) is 15.4. The highest BCUT2D eigenvalue weighted by Crippen LogP contribution is 2.28. The van der Waals surface area contributed by atoms with Crippen molar-refractivity contribution in [2.24, 2.45) is 0 Å². The minimum Gasteiger partial charge on any atom is -0.481 e. The van der Waals surface area contributed by atoms with Crippen LogP contribution >= 0.6 is 11.9 Å². The number of benzene rings is 2. The maximum atomic E-state index is 14.0. The number of aryl methyl sites for hydroxylation is 1. The van der Waals surface area contributed by atoms with E-state index in [-0.39, 0.29) is 0 Å². The first-order valence-electron chi connectivity index (χ1n) is 6.40. The van der Waals surface area contributed by atoms with Crippen molar-refractivity contribution in [1.82, 2.24) is 0 Å². The number of anilines is 1. The van der Waals surface area contributed by atoms with Gasteiger partial charge < -0.3 is 9.83 Å². The second kappa shape index (κ2) is 6.63. The molecule has 1 unspecified atom stereocenters. The van der Waals surface area contributed by atoms with Crippen molar-refractivity contribution in [3.05, 3.63) is 65.0 Å². The lowest BCUT2D eigenvalue weighted by Gasteiger charge is -2.15. The lowest BCUT2D eigenvalue weighted by Crippen LogP contribution is -2.13. The minimum atomic E-state index is -0.996. The van der Waals surface area contributed by atoms with Crippen LogP contribution in [0.2, 0.25) is 0 Å². The highest BCUT2D eigenvalue weighted by molar-refractivity contribution is 7.99. The Labute approximate surface area is 127 Å². The van der Waals surface area contributed by atoms with E-state index in [4.69, 9.17) is 0 Å². The summed E-state index contributed by atoms with van der Waals surface area (Å²) in [6, 6.07) is 11.7. The zero-order valence-electron chi connectivity index (χ0n) is 11.8.